The Bertz CT molecular complexity index is 571. The zero-order chi connectivity index (χ0) is 14.1. The van der Waals surface area contributed by atoms with Crippen molar-refractivity contribution in [3.05, 3.63) is 17.3 Å². The van der Waals surface area contributed by atoms with Gasteiger partial charge in [0.05, 0.1) is 5.02 Å². The quantitative estimate of drug-likeness (QED) is 0.874. The average molecular weight is 306 g/mol. The van der Waals surface area contributed by atoms with Crippen LogP contribution in [0.1, 0.15) is 19.8 Å². The second-order valence-electron chi connectivity index (χ2n) is 4.82. The highest BCUT2D eigenvalue weighted by atomic mass is 35.5. The van der Waals surface area contributed by atoms with Gasteiger partial charge < -0.3 is 10.5 Å². The van der Waals surface area contributed by atoms with Crippen molar-refractivity contribution in [2.45, 2.75) is 30.2 Å². The molecule has 8 heteroatoms. The van der Waals surface area contributed by atoms with Crippen LogP contribution in [0.3, 0.4) is 0 Å². The fourth-order valence-electron chi connectivity index (χ4n) is 1.89. The minimum atomic E-state index is -3.67. The fraction of sp³-hybridized carbons (Fsp3) is 0.545. The summed E-state index contributed by atoms with van der Waals surface area (Å²) in [6.07, 6.45) is 2.46. The molecule has 0 aliphatic carbocycles. The van der Waals surface area contributed by atoms with Crippen molar-refractivity contribution >= 4 is 27.4 Å². The predicted molar refractivity (Wildman–Crippen MR) is 72.4 cm³/mol. The van der Waals surface area contributed by atoms with E-state index in [4.69, 9.17) is 22.1 Å². The number of hydrogen-bond acceptors (Lipinski definition) is 5. The topological polar surface area (TPSA) is 94.3 Å². The van der Waals surface area contributed by atoms with Crippen LogP contribution in [0.2, 0.25) is 5.02 Å². The molecule has 1 aromatic heterocycles. The summed E-state index contributed by atoms with van der Waals surface area (Å²) in [5, 5.41) is 0.125. The zero-order valence-corrected chi connectivity index (χ0v) is 12.1. The predicted octanol–water partition coefficient (Wildman–Crippen LogP) is 1.16. The molecule has 0 radical (unpaired) electrons. The first-order valence-electron chi connectivity index (χ1n) is 5.85. The van der Waals surface area contributed by atoms with Gasteiger partial charge >= 0.3 is 0 Å². The van der Waals surface area contributed by atoms with E-state index >= 15 is 0 Å². The Hall–Kier alpha value is -0.890. The van der Waals surface area contributed by atoms with Crippen LogP contribution in [0.25, 0.3) is 0 Å². The largest absolute Gasteiger partial charge is 0.382 e. The molecule has 0 amide bonds. The van der Waals surface area contributed by atoms with E-state index in [0.717, 1.165) is 0 Å². The Balaban J connectivity index is 2.24. The number of nitrogen functional groups attached to an aromatic ring is 1. The molecule has 2 rings (SSSR count). The van der Waals surface area contributed by atoms with Crippen molar-refractivity contribution in [2.75, 3.05) is 18.9 Å². The van der Waals surface area contributed by atoms with Gasteiger partial charge in [0.25, 0.3) is 0 Å². The summed E-state index contributed by atoms with van der Waals surface area (Å²) in [6.45, 7) is 2.94. The van der Waals surface area contributed by atoms with Crippen LogP contribution in [0.15, 0.2) is 17.2 Å². The molecule has 1 aliphatic rings. The van der Waals surface area contributed by atoms with E-state index in [0.29, 0.717) is 26.1 Å². The number of halogens is 1. The molecule has 19 heavy (non-hydrogen) atoms. The van der Waals surface area contributed by atoms with Crippen molar-refractivity contribution < 1.29 is 13.2 Å². The Morgan fingerprint density at radius 2 is 2.11 bits per heavy atom. The lowest BCUT2D eigenvalue weighted by atomic mass is 9.94. The normalized spacial score (nSPS) is 19.3. The van der Waals surface area contributed by atoms with Crippen molar-refractivity contribution in [2.24, 2.45) is 0 Å². The summed E-state index contributed by atoms with van der Waals surface area (Å²) >= 11 is 5.80. The van der Waals surface area contributed by atoms with Gasteiger partial charge in [0.2, 0.25) is 10.0 Å². The highest BCUT2D eigenvalue weighted by Gasteiger charge is 2.32. The third-order valence-corrected chi connectivity index (χ3v) is 5.04. The van der Waals surface area contributed by atoms with E-state index in [9.17, 15) is 8.42 Å². The average Bonchev–Trinajstić information content (AvgIpc) is 2.32. The molecule has 1 aromatic rings. The lowest BCUT2D eigenvalue weighted by Crippen LogP contribution is -2.49. The van der Waals surface area contributed by atoms with Gasteiger partial charge in [-0.25, -0.2) is 18.1 Å². The SMILES string of the molecule is CC1(NS(=O)(=O)c2cnc(N)c(Cl)c2)CCOCC1. The smallest absolute Gasteiger partial charge is 0.242 e. The maximum absolute atomic E-state index is 12.3. The van der Waals surface area contributed by atoms with Gasteiger partial charge in [0.1, 0.15) is 10.7 Å². The van der Waals surface area contributed by atoms with E-state index in [1.165, 1.54) is 12.3 Å². The number of anilines is 1. The van der Waals surface area contributed by atoms with E-state index in [2.05, 4.69) is 9.71 Å². The van der Waals surface area contributed by atoms with Crippen LogP contribution < -0.4 is 10.5 Å². The van der Waals surface area contributed by atoms with Crippen LogP contribution >= 0.6 is 11.6 Å². The molecule has 3 N–H and O–H groups in total. The summed E-state index contributed by atoms with van der Waals surface area (Å²) in [7, 11) is -3.67. The Morgan fingerprint density at radius 1 is 1.47 bits per heavy atom. The molecule has 0 aromatic carbocycles. The molecule has 1 fully saturated rings. The standard InChI is InChI=1S/C11H16ClN3O3S/c1-11(2-4-18-5-3-11)15-19(16,17)8-6-9(12)10(13)14-7-8/h6-7,15H,2-5H2,1H3,(H2,13,14). The molecule has 6 nitrogen and oxygen atoms in total. The van der Waals surface area contributed by atoms with Crippen LogP contribution in [-0.2, 0) is 14.8 Å². The van der Waals surface area contributed by atoms with Crippen molar-refractivity contribution in [1.82, 2.24) is 9.71 Å². The van der Waals surface area contributed by atoms with E-state index in [1.807, 2.05) is 6.92 Å². The van der Waals surface area contributed by atoms with Crippen LogP contribution in [-0.4, -0.2) is 32.2 Å². The summed E-state index contributed by atoms with van der Waals surface area (Å²) in [4.78, 5) is 3.78. The first-order chi connectivity index (χ1) is 8.82. The maximum Gasteiger partial charge on any atom is 0.242 e. The highest BCUT2D eigenvalue weighted by Crippen LogP contribution is 2.25. The maximum atomic E-state index is 12.3. The van der Waals surface area contributed by atoms with Crippen LogP contribution in [0.5, 0.6) is 0 Å². The second-order valence-corrected chi connectivity index (χ2v) is 6.91. The van der Waals surface area contributed by atoms with E-state index < -0.39 is 15.6 Å². The van der Waals surface area contributed by atoms with Crippen LogP contribution in [0.4, 0.5) is 5.82 Å². The Morgan fingerprint density at radius 3 is 2.68 bits per heavy atom. The lowest BCUT2D eigenvalue weighted by Gasteiger charge is -2.33. The minimum Gasteiger partial charge on any atom is -0.382 e. The molecule has 0 atom stereocenters. The number of hydrogen-bond donors (Lipinski definition) is 2. The monoisotopic (exact) mass is 305 g/mol. The van der Waals surface area contributed by atoms with Crippen molar-refractivity contribution in [1.29, 1.82) is 0 Å². The number of rotatable bonds is 3. The molecule has 2 heterocycles. The van der Waals surface area contributed by atoms with Gasteiger partial charge in [-0.1, -0.05) is 11.6 Å². The highest BCUT2D eigenvalue weighted by molar-refractivity contribution is 7.89. The third kappa shape index (κ3) is 3.36. The number of ether oxygens (including phenoxy) is 1. The first kappa shape index (κ1) is 14.5. The van der Waals surface area contributed by atoms with Gasteiger partial charge in [-0.2, -0.15) is 0 Å². The first-order valence-corrected chi connectivity index (χ1v) is 7.71. The Kier molecular flexibility index (Phi) is 4.00. The third-order valence-electron chi connectivity index (χ3n) is 3.13. The zero-order valence-electron chi connectivity index (χ0n) is 10.5. The van der Waals surface area contributed by atoms with Gasteiger partial charge in [0.15, 0.2) is 0 Å². The fourth-order valence-corrected chi connectivity index (χ4v) is 3.55. The molecule has 106 valence electrons. The second kappa shape index (κ2) is 5.24. The molecule has 1 saturated heterocycles. The molecular weight excluding hydrogens is 290 g/mol. The molecule has 0 unspecified atom stereocenters. The van der Waals surface area contributed by atoms with Crippen molar-refractivity contribution in [3.8, 4) is 0 Å². The summed E-state index contributed by atoms with van der Waals surface area (Å²) in [5.74, 6) is 0.109. The number of nitrogens with one attached hydrogen (secondary N) is 1. The van der Waals surface area contributed by atoms with Gasteiger partial charge in [-0.3, -0.25) is 0 Å². The van der Waals surface area contributed by atoms with Gasteiger partial charge in [-0.15, -0.1) is 0 Å². The summed E-state index contributed by atoms with van der Waals surface area (Å²) in [5.41, 5.74) is 4.96. The number of sulfonamides is 1. The number of nitrogens with two attached hydrogens (primary N) is 1. The number of pyridine rings is 1. The Labute approximate surface area is 117 Å². The van der Waals surface area contributed by atoms with Gasteiger partial charge in [-0.05, 0) is 25.8 Å². The van der Waals surface area contributed by atoms with E-state index in [1.54, 1.807) is 0 Å². The summed E-state index contributed by atoms with van der Waals surface area (Å²) < 4.78 is 32.5. The number of nitrogens with zero attached hydrogens (tertiary/aromatic N) is 1. The molecule has 1 aliphatic heterocycles. The van der Waals surface area contributed by atoms with Crippen molar-refractivity contribution in [3.63, 3.8) is 0 Å². The molecular formula is C11H16ClN3O3S. The minimum absolute atomic E-state index is 0.0133. The van der Waals surface area contributed by atoms with Crippen LogP contribution in [0, 0.1) is 0 Å². The number of aromatic nitrogens is 1. The molecule has 0 spiro atoms. The molecule has 0 bridgehead atoms. The van der Waals surface area contributed by atoms with Gasteiger partial charge in [0, 0.05) is 24.9 Å². The van der Waals surface area contributed by atoms with E-state index in [-0.39, 0.29) is 15.7 Å². The molecule has 0 saturated carbocycles. The summed E-state index contributed by atoms with van der Waals surface area (Å²) in [6, 6.07) is 1.30. The lowest BCUT2D eigenvalue weighted by molar-refractivity contribution is 0.0537.